The van der Waals surface area contributed by atoms with Crippen molar-refractivity contribution in [3.63, 3.8) is 0 Å². The smallest absolute Gasteiger partial charge is 0.119 e. The predicted molar refractivity (Wildman–Crippen MR) is 86.7 cm³/mol. The second kappa shape index (κ2) is 9.06. The van der Waals surface area contributed by atoms with Gasteiger partial charge in [-0.25, -0.2) is 0 Å². The van der Waals surface area contributed by atoms with Crippen LogP contribution in [0.5, 0.6) is 5.75 Å². The van der Waals surface area contributed by atoms with Crippen LogP contribution in [0.15, 0.2) is 24.3 Å². The van der Waals surface area contributed by atoms with E-state index in [9.17, 15) is 0 Å². The molecule has 0 radical (unpaired) electrons. The molecule has 0 aromatic heterocycles. The SMILES string of the molecule is CC(C)CNCc1ccc(OCCCC2CCCO2)cc1. The van der Waals surface area contributed by atoms with Crippen LogP contribution < -0.4 is 10.1 Å². The van der Waals surface area contributed by atoms with Gasteiger partial charge in [-0.15, -0.1) is 0 Å². The number of hydrogen-bond acceptors (Lipinski definition) is 3. The normalized spacial score (nSPS) is 18.3. The summed E-state index contributed by atoms with van der Waals surface area (Å²) in [6.45, 7) is 8.16. The number of benzene rings is 1. The van der Waals surface area contributed by atoms with Crippen LogP contribution in [0.3, 0.4) is 0 Å². The highest BCUT2D eigenvalue weighted by molar-refractivity contribution is 5.27. The van der Waals surface area contributed by atoms with Crippen molar-refractivity contribution in [2.24, 2.45) is 5.92 Å². The van der Waals surface area contributed by atoms with Gasteiger partial charge in [0.1, 0.15) is 5.75 Å². The van der Waals surface area contributed by atoms with Gasteiger partial charge in [0.2, 0.25) is 0 Å². The monoisotopic (exact) mass is 291 g/mol. The zero-order valence-corrected chi connectivity index (χ0v) is 13.4. The number of hydrogen-bond donors (Lipinski definition) is 1. The summed E-state index contributed by atoms with van der Waals surface area (Å²) in [6.07, 6.45) is 5.11. The Morgan fingerprint density at radius 1 is 1.29 bits per heavy atom. The maximum Gasteiger partial charge on any atom is 0.119 e. The Balaban J connectivity index is 1.60. The molecule has 0 spiro atoms. The molecule has 1 saturated heterocycles. The average Bonchev–Trinajstić information content (AvgIpc) is 2.98. The average molecular weight is 291 g/mol. The maximum absolute atomic E-state index is 5.79. The van der Waals surface area contributed by atoms with Gasteiger partial charge in [0.15, 0.2) is 0 Å². The third kappa shape index (κ3) is 6.49. The van der Waals surface area contributed by atoms with Gasteiger partial charge in [0.25, 0.3) is 0 Å². The molecule has 1 aliphatic heterocycles. The fourth-order valence-electron chi connectivity index (χ4n) is 2.58. The first kappa shape index (κ1) is 16.3. The van der Waals surface area contributed by atoms with Crippen LogP contribution in [0.4, 0.5) is 0 Å². The molecule has 21 heavy (non-hydrogen) atoms. The van der Waals surface area contributed by atoms with Crippen LogP contribution in [0.2, 0.25) is 0 Å². The van der Waals surface area contributed by atoms with Crippen LogP contribution in [0.1, 0.15) is 45.1 Å². The van der Waals surface area contributed by atoms with Gasteiger partial charge in [-0.05, 0) is 55.8 Å². The molecular formula is C18H29NO2. The minimum absolute atomic E-state index is 0.475. The van der Waals surface area contributed by atoms with Crippen molar-refractivity contribution >= 4 is 0 Å². The van der Waals surface area contributed by atoms with E-state index in [1.54, 1.807) is 0 Å². The van der Waals surface area contributed by atoms with Gasteiger partial charge < -0.3 is 14.8 Å². The molecule has 2 rings (SSSR count). The molecule has 1 aromatic rings. The highest BCUT2D eigenvalue weighted by Gasteiger charge is 2.14. The van der Waals surface area contributed by atoms with Crippen LogP contribution >= 0.6 is 0 Å². The molecule has 1 atom stereocenters. The molecule has 1 N–H and O–H groups in total. The topological polar surface area (TPSA) is 30.5 Å². The first-order valence-corrected chi connectivity index (χ1v) is 8.28. The van der Waals surface area contributed by atoms with Crippen molar-refractivity contribution in [2.45, 2.75) is 52.2 Å². The second-order valence-corrected chi connectivity index (χ2v) is 6.29. The predicted octanol–water partition coefficient (Wildman–Crippen LogP) is 3.77. The molecule has 3 nitrogen and oxygen atoms in total. The summed E-state index contributed by atoms with van der Waals surface area (Å²) in [5.41, 5.74) is 1.31. The first-order valence-electron chi connectivity index (χ1n) is 8.28. The van der Waals surface area contributed by atoms with E-state index in [0.29, 0.717) is 12.0 Å². The quantitative estimate of drug-likeness (QED) is 0.703. The van der Waals surface area contributed by atoms with Crippen molar-refractivity contribution in [1.29, 1.82) is 0 Å². The first-order chi connectivity index (χ1) is 10.2. The summed E-state index contributed by atoms with van der Waals surface area (Å²) in [4.78, 5) is 0. The van der Waals surface area contributed by atoms with E-state index in [4.69, 9.17) is 9.47 Å². The molecular weight excluding hydrogens is 262 g/mol. The molecule has 1 unspecified atom stereocenters. The van der Waals surface area contributed by atoms with E-state index in [0.717, 1.165) is 44.9 Å². The minimum Gasteiger partial charge on any atom is -0.494 e. The Morgan fingerprint density at radius 3 is 2.76 bits per heavy atom. The summed E-state index contributed by atoms with van der Waals surface area (Å²) in [7, 11) is 0. The zero-order chi connectivity index (χ0) is 14.9. The number of ether oxygens (including phenoxy) is 2. The van der Waals surface area contributed by atoms with Crippen LogP contribution in [0, 0.1) is 5.92 Å². The summed E-state index contributed by atoms with van der Waals surface area (Å²) < 4.78 is 11.4. The zero-order valence-electron chi connectivity index (χ0n) is 13.4. The lowest BCUT2D eigenvalue weighted by molar-refractivity contribution is 0.0981. The minimum atomic E-state index is 0.475. The molecule has 1 aromatic carbocycles. The molecule has 1 fully saturated rings. The van der Waals surface area contributed by atoms with Crippen molar-refractivity contribution in [1.82, 2.24) is 5.32 Å². The van der Waals surface area contributed by atoms with Crippen molar-refractivity contribution in [3.8, 4) is 5.75 Å². The van der Waals surface area contributed by atoms with Gasteiger partial charge in [-0.2, -0.15) is 0 Å². The van der Waals surface area contributed by atoms with Gasteiger partial charge >= 0.3 is 0 Å². The van der Waals surface area contributed by atoms with Crippen molar-refractivity contribution in [2.75, 3.05) is 19.8 Å². The Hall–Kier alpha value is -1.06. The Labute approximate surface area is 129 Å². The Morgan fingerprint density at radius 2 is 2.10 bits per heavy atom. The molecule has 0 amide bonds. The van der Waals surface area contributed by atoms with E-state index in [1.165, 1.54) is 18.4 Å². The van der Waals surface area contributed by atoms with Crippen LogP contribution in [-0.4, -0.2) is 25.9 Å². The van der Waals surface area contributed by atoms with Gasteiger partial charge in [0, 0.05) is 13.2 Å². The molecule has 0 saturated carbocycles. The molecule has 1 aliphatic rings. The molecule has 0 bridgehead atoms. The Bertz CT molecular complexity index is 383. The van der Waals surface area contributed by atoms with Crippen molar-refractivity contribution < 1.29 is 9.47 Å². The lowest BCUT2D eigenvalue weighted by atomic mass is 10.1. The fourth-order valence-corrected chi connectivity index (χ4v) is 2.58. The largest absolute Gasteiger partial charge is 0.494 e. The standard InChI is InChI=1S/C18H29NO2/c1-15(2)13-19-14-16-7-9-18(10-8-16)21-12-4-6-17-5-3-11-20-17/h7-10,15,17,19H,3-6,11-14H2,1-2H3. The Kier molecular flexibility index (Phi) is 7.04. The van der Waals surface area contributed by atoms with E-state index >= 15 is 0 Å². The van der Waals surface area contributed by atoms with E-state index in [-0.39, 0.29) is 0 Å². The van der Waals surface area contributed by atoms with Gasteiger partial charge in [-0.3, -0.25) is 0 Å². The molecule has 3 heteroatoms. The fraction of sp³-hybridized carbons (Fsp3) is 0.667. The highest BCUT2D eigenvalue weighted by Crippen LogP contribution is 2.17. The van der Waals surface area contributed by atoms with E-state index in [2.05, 4.69) is 43.4 Å². The third-order valence-electron chi connectivity index (χ3n) is 3.77. The molecule has 1 heterocycles. The van der Waals surface area contributed by atoms with Gasteiger partial charge in [-0.1, -0.05) is 26.0 Å². The highest BCUT2D eigenvalue weighted by atomic mass is 16.5. The summed E-state index contributed by atoms with van der Waals surface area (Å²) >= 11 is 0. The summed E-state index contributed by atoms with van der Waals surface area (Å²) in [5.74, 6) is 1.66. The number of nitrogens with one attached hydrogen (secondary N) is 1. The summed E-state index contributed by atoms with van der Waals surface area (Å²) in [6, 6.07) is 8.42. The second-order valence-electron chi connectivity index (χ2n) is 6.29. The van der Waals surface area contributed by atoms with Gasteiger partial charge in [0.05, 0.1) is 12.7 Å². The summed E-state index contributed by atoms with van der Waals surface area (Å²) in [5, 5.41) is 3.45. The molecule has 118 valence electrons. The lowest BCUT2D eigenvalue weighted by Crippen LogP contribution is -2.18. The van der Waals surface area contributed by atoms with Crippen molar-refractivity contribution in [3.05, 3.63) is 29.8 Å². The van der Waals surface area contributed by atoms with E-state index in [1.807, 2.05) is 0 Å². The van der Waals surface area contributed by atoms with E-state index < -0.39 is 0 Å². The molecule has 0 aliphatic carbocycles. The number of rotatable bonds is 9. The van der Waals surface area contributed by atoms with Crippen LogP contribution in [0.25, 0.3) is 0 Å². The van der Waals surface area contributed by atoms with Crippen LogP contribution in [-0.2, 0) is 11.3 Å². The third-order valence-corrected chi connectivity index (χ3v) is 3.77. The lowest BCUT2D eigenvalue weighted by Gasteiger charge is -2.11. The maximum atomic E-state index is 5.79.